The van der Waals surface area contributed by atoms with Gasteiger partial charge in [-0.3, -0.25) is 4.79 Å². The molecule has 0 amide bonds. The van der Waals surface area contributed by atoms with E-state index < -0.39 is 0 Å². The average molecular weight is 514 g/mol. The van der Waals surface area contributed by atoms with Crippen molar-refractivity contribution in [3.8, 4) is 23.0 Å². The number of allylic oxidation sites excluding steroid dienone is 1. The molecule has 0 spiro atoms. The lowest BCUT2D eigenvalue weighted by Gasteiger charge is -2.17. The minimum atomic E-state index is -0.136. The van der Waals surface area contributed by atoms with Crippen molar-refractivity contribution in [2.75, 3.05) is 26.5 Å². The lowest BCUT2D eigenvalue weighted by Crippen LogP contribution is -2.21. The van der Waals surface area contributed by atoms with Crippen molar-refractivity contribution < 1.29 is 23.7 Å². The topological polar surface area (TPSA) is 66.0 Å². The van der Waals surface area contributed by atoms with Crippen molar-refractivity contribution in [1.29, 1.82) is 0 Å². The van der Waals surface area contributed by atoms with Gasteiger partial charge in [0.2, 0.25) is 6.79 Å². The van der Waals surface area contributed by atoms with Crippen LogP contribution in [-0.4, -0.2) is 32.5 Å². The summed E-state index contributed by atoms with van der Waals surface area (Å²) in [7, 11) is 0. The van der Waals surface area contributed by atoms with E-state index in [9.17, 15) is 4.79 Å². The number of esters is 1. The number of nitrogens with one attached hydrogen (secondary N) is 1. The Morgan fingerprint density at radius 2 is 1.50 bits per heavy atom. The number of carbonyl (C=O) groups is 1. The molecule has 0 unspecified atom stereocenters. The molecule has 0 bridgehead atoms. The van der Waals surface area contributed by atoms with Crippen LogP contribution in [0.2, 0.25) is 0 Å². The van der Waals surface area contributed by atoms with E-state index in [-0.39, 0.29) is 18.7 Å². The second-order valence-corrected chi connectivity index (χ2v) is 9.62. The molecule has 5 rings (SSSR count). The van der Waals surface area contributed by atoms with E-state index in [0.29, 0.717) is 12.4 Å². The summed E-state index contributed by atoms with van der Waals surface area (Å²) in [5.41, 5.74) is 5.51. The first-order valence-electron chi connectivity index (χ1n) is 13.6. The van der Waals surface area contributed by atoms with E-state index in [2.05, 4.69) is 37.4 Å². The summed E-state index contributed by atoms with van der Waals surface area (Å²) in [6, 6.07) is 22.2. The Hall–Kier alpha value is -3.77. The Balaban J connectivity index is 1.46. The highest BCUT2D eigenvalue weighted by Crippen LogP contribution is 2.40. The molecule has 3 aromatic rings. The van der Waals surface area contributed by atoms with Crippen molar-refractivity contribution in [2.45, 2.75) is 39.5 Å². The van der Waals surface area contributed by atoms with Gasteiger partial charge in [-0.2, -0.15) is 0 Å². The van der Waals surface area contributed by atoms with Crippen molar-refractivity contribution in [3.63, 3.8) is 0 Å². The normalized spacial score (nSPS) is 14.7. The van der Waals surface area contributed by atoms with Gasteiger partial charge in [-0.15, -0.1) is 0 Å². The van der Waals surface area contributed by atoms with E-state index >= 15 is 0 Å². The molecule has 1 fully saturated rings. The molecule has 1 N–H and O–H groups in total. The molecular weight excluding hydrogens is 478 g/mol. The highest BCUT2D eigenvalue weighted by atomic mass is 16.7. The average Bonchev–Trinajstić information content (AvgIpc) is 3.70. The van der Waals surface area contributed by atoms with Crippen LogP contribution in [0.3, 0.4) is 0 Å². The highest BCUT2D eigenvalue weighted by Gasteiger charge is 2.31. The van der Waals surface area contributed by atoms with Crippen molar-refractivity contribution >= 4 is 17.1 Å². The molecule has 2 aliphatic rings. The zero-order chi connectivity index (χ0) is 26.3. The van der Waals surface area contributed by atoms with Crippen LogP contribution >= 0.6 is 0 Å². The van der Waals surface area contributed by atoms with Gasteiger partial charge < -0.3 is 24.3 Å². The maximum absolute atomic E-state index is 12.1. The maximum Gasteiger partial charge on any atom is 0.314 e. The molecule has 0 radical (unpaired) electrons. The van der Waals surface area contributed by atoms with Gasteiger partial charge in [-0.25, -0.2) is 0 Å². The SMILES string of the molecule is CCCNCCOc1ccc(C(=C(CC)c2ccc3c(c2)OCO3)c2ccc(OC(=O)C3CC3)cc2)cc1. The van der Waals surface area contributed by atoms with Gasteiger partial charge >= 0.3 is 5.97 Å². The third kappa shape index (κ3) is 6.20. The fourth-order valence-corrected chi connectivity index (χ4v) is 4.59. The quantitative estimate of drug-likeness (QED) is 0.129. The molecular formula is C32H35NO5. The standard InChI is InChI=1S/C32H35NO5/c1-3-17-33-18-19-35-26-12-7-22(8-13-26)31(23-9-14-27(15-10-23)38-32(34)24-5-6-24)28(4-2)25-11-16-29-30(20-25)37-21-36-29/h7-16,20,24,33H,3-6,17-19,21H2,1-2H3. The molecule has 1 aliphatic heterocycles. The molecule has 1 heterocycles. The molecule has 0 atom stereocenters. The number of hydrogen-bond acceptors (Lipinski definition) is 6. The minimum Gasteiger partial charge on any atom is -0.492 e. The van der Waals surface area contributed by atoms with Gasteiger partial charge in [-0.05, 0) is 96.5 Å². The Bertz CT molecular complexity index is 1280. The smallest absolute Gasteiger partial charge is 0.314 e. The number of benzene rings is 3. The van der Waals surface area contributed by atoms with Crippen LogP contribution in [0.25, 0.3) is 11.1 Å². The summed E-state index contributed by atoms with van der Waals surface area (Å²) in [6.07, 6.45) is 3.77. The van der Waals surface area contributed by atoms with Crippen LogP contribution in [0, 0.1) is 5.92 Å². The monoisotopic (exact) mass is 513 g/mol. The molecule has 3 aromatic carbocycles. The van der Waals surface area contributed by atoms with E-state index in [1.807, 2.05) is 48.5 Å². The second kappa shape index (κ2) is 12.2. The van der Waals surface area contributed by atoms with E-state index in [0.717, 1.165) is 78.3 Å². The van der Waals surface area contributed by atoms with Gasteiger partial charge in [0.15, 0.2) is 11.5 Å². The fourth-order valence-electron chi connectivity index (χ4n) is 4.59. The van der Waals surface area contributed by atoms with Gasteiger partial charge in [0.05, 0.1) is 5.92 Å². The Labute approximate surface area is 224 Å². The summed E-state index contributed by atoms with van der Waals surface area (Å²) < 4.78 is 22.7. The van der Waals surface area contributed by atoms with Crippen LogP contribution < -0.4 is 24.3 Å². The summed E-state index contributed by atoms with van der Waals surface area (Å²) in [5, 5.41) is 3.36. The van der Waals surface area contributed by atoms with Crippen LogP contribution in [-0.2, 0) is 4.79 Å². The van der Waals surface area contributed by atoms with Crippen LogP contribution in [0.5, 0.6) is 23.0 Å². The molecule has 198 valence electrons. The largest absolute Gasteiger partial charge is 0.492 e. The first-order chi connectivity index (χ1) is 18.7. The van der Waals surface area contributed by atoms with E-state index in [4.69, 9.17) is 18.9 Å². The summed E-state index contributed by atoms with van der Waals surface area (Å²) in [4.78, 5) is 12.1. The predicted octanol–water partition coefficient (Wildman–Crippen LogP) is 6.48. The molecule has 6 heteroatoms. The number of hydrogen-bond donors (Lipinski definition) is 1. The minimum absolute atomic E-state index is 0.0611. The zero-order valence-corrected chi connectivity index (χ0v) is 22.1. The predicted molar refractivity (Wildman–Crippen MR) is 149 cm³/mol. The number of rotatable bonds is 12. The van der Waals surface area contributed by atoms with Crippen molar-refractivity contribution in [1.82, 2.24) is 5.32 Å². The molecule has 0 saturated heterocycles. The van der Waals surface area contributed by atoms with Crippen molar-refractivity contribution in [2.24, 2.45) is 5.92 Å². The van der Waals surface area contributed by atoms with Crippen LogP contribution in [0.15, 0.2) is 66.7 Å². The summed E-state index contributed by atoms with van der Waals surface area (Å²) in [6.45, 7) is 7.00. The maximum atomic E-state index is 12.1. The third-order valence-corrected chi connectivity index (χ3v) is 6.77. The van der Waals surface area contributed by atoms with Crippen LogP contribution in [0.4, 0.5) is 0 Å². The highest BCUT2D eigenvalue weighted by molar-refractivity contribution is 5.99. The molecule has 1 saturated carbocycles. The summed E-state index contributed by atoms with van der Waals surface area (Å²) >= 11 is 0. The lowest BCUT2D eigenvalue weighted by molar-refractivity contribution is -0.135. The van der Waals surface area contributed by atoms with E-state index in [1.54, 1.807) is 0 Å². The number of carbonyl (C=O) groups excluding carboxylic acids is 1. The van der Waals surface area contributed by atoms with Gasteiger partial charge in [0.25, 0.3) is 0 Å². The van der Waals surface area contributed by atoms with E-state index in [1.165, 1.54) is 5.57 Å². The Morgan fingerprint density at radius 3 is 2.16 bits per heavy atom. The Morgan fingerprint density at radius 1 is 0.842 bits per heavy atom. The first kappa shape index (κ1) is 25.9. The van der Waals surface area contributed by atoms with Crippen molar-refractivity contribution in [3.05, 3.63) is 83.4 Å². The Kier molecular flexibility index (Phi) is 8.29. The molecule has 1 aliphatic carbocycles. The van der Waals surface area contributed by atoms with Crippen LogP contribution in [0.1, 0.15) is 56.2 Å². The molecule has 0 aromatic heterocycles. The molecule has 6 nitrogen and oxygen atoms in total. The first-order valence-corrected chi connectivity index (χ1v) is 13.6. The third-order valence-electron chi connectivity index (χ3n) is 6.77. The van der Waals surface area contributed by atoms with Gasteiger partial charge in [0, 0.05) is 6.54 Å². The molecule has 38 heavy (non-hydrogen) atoms. The fraction of sp³-hybridized carbons (Fsp3) is 0.344. The lowest BCUT2D eigenvalue weighted by atomic mass is 9.88. The number of ether oxygens (including phenoxy) is 4. The van der Waals surface area contributed by atoms with Gasteiger partial charge in [-0.1, -0.05) is 44.2 Å². The van der Waals surface area contributed by atoms with Gasteiger partial charge in [0.1, 0.15) is 18.1 Å². The number of fused-ring (bicyclic) bond motifs is 1. The summed E-state index contributed by atoms with van der Waals surface area (Å²) in [5.74, 6) is 2.87. The zero-order valence-electron chi connectivity index (χ0n) is 22.1. The second-order valence-electron chi connectivity index (χ2n) is 9.62.